The molecule has 1 amide bonds. The van der Waals surface area contributed by atoms with Crippen LogP contribution in [0.3, 0.4) is 0 Å². The number of methoxy groups -OCH3 is 1. The van der Waals surface area contributed by atoms with Gasteiger partial charge in [0.05, 0.1) is 30.8 Å². The van der Waals surface area contributed by atoms with Crippen molar-refractivity contribution in [3.63, 3.8) is 0 Å². The third-order valence-electron chi connectivity index (χ3n) is 5.34. The average Bonchev–Trinajstić information content (AvgIpc) is 3.40. The monoisotopic (exact) mass is 488 g/mol. The highest BCUT2D eigenvalue weighted by Gasteiger charge is 2.29. The van der Waals surface area contributed by atoms with Gasteiger partial charge in [-0.1, -0.05) is 15.9 Å². The molecule has 0 bridgehead atoms. The number of nitrogens with zero attached hydrogens (tertiary/aromatic N) is 3. The number of hydrogen-bond donors (Lipinski definition) is 1. The van der Waals surface area contributed by atoms with E-state index >= 15 is 0 Å². The molecule has 0 aliphatic carbocycles. The van der Waals surface area contributed by atoms with Crippen LogP contribution in [0.4, 0.5) is 0 Å². The van der Waals surface area contributed by atoms with Crippen molar-refractivity contribution < 1.29 is 14.3 Å². The molecule has 2 aromatic carbocycles. The minimum Gasteiger partial charge on any atom is -0.496 e. The zero-order valence-electron chi connectivity index (χ0n) is 17.1. The van der Waals surface area contributed by atoms with Gasteiger partial charge in [0.1, 0.15) is 11.8 Å². The number of hydrogen-bond acceptors (Lipinski definition) is 4. The fraction of sp³-hybridized carbons (Fsp3) is 0.167. The molecule has 1 aromatic heterocycles. The van der Waals surface area contributed by atoms with E-state index in [-0.39, 0.29) is 11.8 Å². The fourth-order valence-electron chi connectivity index (χ4n) is 3.79. The summed E-state index contributed by atoms with van der Waals surface area (Å²) in [4.78, 5) is 28.5. The molecule has 32 heavy (non-hydrogen) atoms. The Hall–Kier alpha value is -3.88. The Labute approximate surface area is 192 Å². The summed E-state index contributed by atoms with van der Waals surface area (Å²) >= 11 is 3.46. The maximum Gasteiger partial charge on any atom is 0.253 e. The average molecular weight is 489 g/mol. The van der Waals surface area contributed by atoms with Crippen LogP contribution < -0.4 is 10.1 Å². The van der Waals surface area contributed by atoms with E-state index in [1.54, 1.807) is 36.5 Å². The summed E-state index contributed by atoms with van der Waals surface area (Å²) in [6.45, 7) is 7.80. The molecule has 1 unspecified atom stereocenters. The van der Waals surface area contributed by atoms with Gasteiger partial charge < -0.3 is 10.1 Å². The summed E-state index contributed by atoms with van der Waals surface area (Å²) in [5.41, 5.74) is 2.53. The normalized spacial score (nSPS) is 15.8. The highest BCUT2D eigenvalue weighted by Crippen LogP contribution is 2.34. The lowest BCUT2D eigenvalue weighted by Gasteiger charge is -2.10. The number of benzene rings is 2. The molecule has 0 saturated carbocycles. The van der Waals surface area contributed by atoms with E-state index in [0.717, 1.165) is 9.86 Å². The van der Waals surface area contributed by atoms with E-state index in [4.69, 9.17) is 11.3 Å². The SMILES string of the molecule is [C-]#[N+]/C(=C\c1cc(C#N)ccc1OC)c1cn(C(=O)C2CCC(=O)N2)c2ccc(Br)cc12. The molecule has 2 heterocycles. The van der Waals surface area contributed by atoms with E-state index in [1.165, 1.54) is 11.7 Å². The molecule has 7 nitrogen and oxygen atoms in total. The number of carbonyl (C=O) groups is 2. The van der Waals surface area contributed by atoms with Crippen molar-refractivity contribution in [1.82, 2.24) is 9.88 Å². The predicted molar refractivity (Wildman–Crippen MR) is 124 cm³/mol. The van der Waals surface area contributed by atoms with Gasteiger partial charge in [0.2, 0.25) is 5.91 Å². The Morgan fingerprint density at radius 3 is 2.84 bits per heavy atom. The molecule has 0 spiro atoms. The summed E-state index contributed by atoms with van der Waals surface area (Å²) in [7, 11) is 1.52. The van der Waals surface area contributed by atoms with Crippen LogP contribution in [0, 0.1) is 17.9 Å². The molecule has 158 valence electrons. The van der Waals surface area contributed by atoms with Gasteiger partial charge in [0, 0.05) is 28.2 Å². The van der Waals surface area contributed by atoms with Gasteiger partial charge in [-0.3, -0.25) is 14.2 Å². The summed E-state index contributed by atoms with van der Waals surface area (Å²) in [6, 6.07) is 11.9. The molecule has 1 aliphatic rings. The lowest BCUT2D eigenvalue weighted by Crippen LogP contribution is -2.36. The number of nitrogens with one attached hydrogen (secondary N) is 1. The van der Waals surface area contributed by atoms with Crippen LogP contribution >= 0.6 is 15.9 Å². The number of halogens is 1. The number of amides is 1. The van der Waals surface area contributed by atoms with Crippen LogP contribution in [-0.2, 0) is 4.79 Å². The first-order chi connectivity index (χ1) is 15.4. The zero-order valence-corrected chi connectivity index (χ0v) is 18.6. The summed E-state index contributed by atoms with van der Waals surface area (Å²) < 4.78 is 7.69. The second kappa shape index (κ2) is 8.70. The van der Waals surface area contributed by atoms with E-state index < -0.39 is 6.04 Å². The quantitative estimate of drug-likeness (QED) is 0.542. The van der Waals surface area contributed by atoms with Crippen molar-refractivity contribution in [1.29, 1.82) is 5.26 Å². The number of rotatable bonds is 4. The van der Waals surface area contributed by atoms with Crippen molar-refractivity contribution in [2.24, 2.45) is 0 Å². The van der Waals surface area contributed by atoms with Crippen LogP contribution in [0.1, 0.15) is 34.3 Å². The first kappa shape index (κ1) is 21.4. The second-order valence-corrected chi connectivity index (χ2v) is 8.20. The number of fused-ring (bicyclic) bond motifs is 1. The highest BCUT2D eigenvalue weighted by atomic mass is 79.9. The van der Waals surface area contributed by atoms with Gasteiger partial charge in [-0.25, -0.2) is 4.85 Å². The van der Waals surface area contributed by atoms with Crippen LogP contribution in [0.5, 0.6) is 5.75 Å². The van der Waals surface area contributed by atoms with Crippen LogP contribution in [-0.4, -0.2) is 29.5 Å². The van der Waals surface area contributed by atoms with Gasteiger partial charge in [-0.2, -0.15) is 5.26 Å². The zero-order chi connectivity index (χ0) is 22.8. The standard InChI is InChI=1S/C24H17BrN4O3/c1-27-20(10-15-9-14(12-26)3-7-22(15)32-2)18-13-29(21-6-4-16(25)11-17(18)21)24(31)19-5-8-23(30)28-19/h3-4,6-7,9-11,13,19H,5,8H2,2H3,(H,28,30)/b20-10-. The van der Waals surface area contributed by atoms with Crippen LogP contribution in [0.15, 0.2) is 47.1 Å². The molecule has 3 aromatic rings. The van der Waals surface area contributed by atoms with E-state index in [2.05, 4.69) is 32.2 Å². The predicted octanol–water partition coefficient (Wildman–Crippen LogP) is 4.62. The smallest absolute Gasteiger partial charge is 0.253 e. The summed E-state index contributed by atoms with van der Waals surface area (Å²) in [5, 5.41) is 12.7. The van der Waals surface area contributed by atoms with Crippen molar-refractivity contribution in [3.05, 3.63) is 75.2 Å². The molecule has 1 N–H and O–H groups in total. The maximum atomic E-state index is 13.1. The van der Waals surface area contributed by atoms with E-state index in [1.807, 2.05) is 12.1 Å². The molecule has 1 atom stereocenters. The molecule has 1 saturated heterocycles. The molecular formula is C24H17BrN4O3. The van der Waals surface area contributed by atoms with Crippen molar-refractivity contribution in [2.45, 2.75) is 18.9 Å². The molecule has 4 rings (SSSR count). The molecular weight excluding hydrogens is 472 g/mol. The number of nitriles is 1. The fourth-order valence-corrected chi connectivity index (χ4v) is 4.15. The Morgan fingerprint density at radius 1 is 1.38 bits per heavy atom. The van der Waals surface area contributed by atoms with Gasteiger partial charge in [-0.05, 0) is 54.3 Å². The molecule has 0 radical (unpaired) electrons. The second-order valence-electron chi connectivity index (χ2n) is 7.28. The Bertz CT molecular complexity index is 1370. The first-order valence-electron chi connectivity index (χ1n) is 9.77. The third kappa shape index (κ3) is 3.89. The largest absolute Gasteiger partial charge is 0.496 e. The van der Waals surface area contributed by atoms with Gasteiger partial charge in [0.15, 0.2) is 5.70 Å². The minimum absolute atomic E-state index is 0.144. The van der Waals surface area contributed by atoms with Crippen LogP contribution in [0.25, 0.3) is 27.5 Å². The van der Waals surface area contributed by atoms with Crippen molar-refractivity contribution in [2.75, 3.05) is 7.11 Å². The lowest BCUT2D eigenvalue weighted by atomic mass is 10.1. The third-order valence-corrected chi connectivity index (χ3v) is 5.84. The minimum atomic E-state index is -0.595. The van der Waals surface area contributed by atoms with Gasteiger partial charge >= 0.3 is 0 Å². The Morgan fingerprint density at radius 2 is 2.19 bits per heavy atom. The number of ether oxygens (including phenoxy) is 1. The summed E-state index contributed by atoms with van der Waals surface area (Å²) in [5.74, 6) is 0.136. The highest BCUT2D eigenvalue weighted by molar-refractivity contribution is 9.10. The van der Waals surface area contributed by atoms with Gasteiger partial charge in [-0.15, -0.1) is 0 Å². The molecule has 1 aliphatic heterocycles. The number of carbonyl (C=O) groups excluding carboxylic acids is 2. The Kier molecular flexibility index (Phi) is 5.81. The lowest BCUT2D eigenvalue weighted by molar-refractivity contribution is -0.119. The van der Waals surface area contributed by atoms with E-state index in [9.17, 15) is 14.9 Å². The van der Waals surface area contributed by atoms with Crippen LogP contribution in [0.2, 0.25) is 0 Å². The molecule has 8 heteroatoms. The van der Waals surface area contributed by atoms with Crippen molar-refractivity contribution in [3.8, 4) is 11.8 Å². The number of aromatic nitrogens is 1. The van der Waals surface area contributed by atoms with Crippen molar-refractivity contribution >= 4 is 50.4 Å². The van der Waals surface area contributed by atoms with Gasteiger partial charge in [0.25, 0.3) is 5.91 Å². The molecule has 1 fully saturated rings. The maximum absolute atomic E-state index is 13.1. The topological polar surface area (TPSA) is 88.5 Å². The first-order valence-corrected chi connectivity index (χ1v) is 10.6. The Balaban J connectivity index is 1.88. The van der Waals surface area contributed by atoms with E-state index in [0.29, 0.717) is 46.5 Å². The summed E-state index contributed by atoms with van der Waals surface area (Å²) in [6.07, 6.45) is 4.03.